The number of rotatable bonds is 4. The van der Waals surface area contributed by atoms with Gasteiger partial charge in [0.25, 0.3) is 0 Å². The second kappa shape index (κ2) is 5.84. The van der Waals surface area contributed by atoms with Crippen molar-refractivity contribution in [1.29, 1.82) is 0 Å². The highest BCUT2D eigenvalue weighted by Gasteiger charge is 2.27. The Kier molecular flexibility index (Phi) is 4.52. The molecule has 1 aliphatic rings. The fraction of sp³-hybridized carbons (Fsp3) is 0.600. The summed E-state index contributed by atoms with van der Waals surface area (Å²) in [4.78, 5) is 0.167. The lowest BCUT2D eigenvalue weighted by Crippen LogP contribution is -2.36. The van der Waals surface area contributed by atoms with Gasteiger partial charge in [0.2, 0.25) is 10.0 Å². The quantitative estimate of drug-likeness (QED) is 0.896. The van der Waals surface area contributed by atoms with E-state index >= 15 is 0 Å². The molecule has 3 N–H and O–H groups in total. The highest BCUT2D eigenvalue weighted by Crippen LogP contribution is 2.35. The van der Waals surface area contributed by atoms with Crippen molar-refractivity contribution in [3.05, 3.63) is 29.8 Å². The Morgan fingerprint density at radius 1 is 1.30 bits per heavy atom. The Labute approximate surface area is 121 Å². The molecular formula is C15H24N2O2S. The van der Waals surface area contributed by atoms with Gasteiger partial charge in [0.15, 0.2) is 0 Å². The van der Waals surface area contributed by atoms with E-state index in [1.54, 1.807) is 12.1 Å². The number of sulfonamides is 1. The lowest BCUT2D eigenvalue weighted by molar-refractivity contribution is 0.198. The molecule has 0 spiro atoms. The zero-order chi connectivity index (χ0) is 14.8. The molecule has 1 aliphatic carbocycles. The van der Waals surface area contributed by atoms with E-state index in [0.29, 0.717) is 11.5 Å². The molecule has 1 atom stereocenters. The van der Waals surface area contributed by atoms with Gasteiger partial charge >= 0.3 is 0 Å². The van der Waals surface area contributed by atoms with Crippen LogP contribution in [-0.4, -0.2) is 14.5 Å². The Morgan fingerprint density at radius 3 is 2.50 bits per heavy atom. The first-order valence-electron chi connectivity index (χ1n) is 7.11. The van der Waals surface area contributed by atoms with Gasteiger partial charge in [-0.1, -0.05) is 32.4 Å². The van der Waals surface area contributed by atoms with Crippen LogP contribution in [0.15, 0.2) is 29.2 Å². The molecule has 1 saturated carbocycles. The van der Waals surface area contributed by atoms with Gasteiger partial charge in [-0.2, -0.15) is 0 Å². The van der Waals surface area contributed by atoms with Crippen molar-refractivity contribution in [2.24, 2.45) is 10.6 Å². The van der Waals surface area contributed by atoms with E-state index in [9.17, 15) is 8.42 Å². The number of hydrogen-bond acceptors (Lipinski definition) is 3. The molecule has 0 saturated heterocycles. The first-order valence-corrected chi connectivity index (χ1v) is 8.66. The summed E-state index contributed by atoms with van der Waals surface area (Å²) in [5.74, 6) is 0. The summed E-state index contributed by atoms with van der Waals surface area (Å²) < 4.78 is 22.4. The third-order valence-corrected chi connectivity index (χ3v) is 4.98. The van der Waals surface area contributed by atoms with Crippen molar-refractivity contribution in [3.63, 3.8) is 0 Å². The van der Waals surface area contributed by atoms with E-state index in [1.807, 2.05) is 12.1 Å². The van der Waals surface area contributed by atoms with Gasteiger partial charge in [0, 0.05) is 12.6 Å². The van der Waals surface area contributed by atoms with E-state index in [2.05, 4.69) is 19.2 Å². The highest BCUT2D eigenvalue weighted by molar-refractivity contribution is 7.89. The predicted octanol–water partition coefficient (Wildman–Crippen LogP) is 2.39. The number of nitrogens with two attached hydrogens (primary N) is 1. The second-order valence-electron chi connectivity index (χ2n) is 6.53. The van der Waals surface area contributed by atoms with E-state index in [0.717, 1.165) is 12.1 Å². The van der Waals surface area contributed by atoms with Crippen molar-refractivity contribution in [2.45, 2.75) is 57.0 Å². The molecule has 20 heavy (non-hydrogen) atoms. The van der Waals surface area contributed by atoms with Gasteiger partial charge in [-0.3, -0.25) is 0 Å². The topological polar surface area (TPSA) is 72.2 Å². The molecule has 0 amide bonds. The summed E-state index contributed by atoms with van der Waals surface area (Å²) in [5.41, 5.74) is 1.51. The number of hydrogen-bond donors (Lipinski definition) is 2. The van der Waals surface area contributed by atoms with Gasteiger partial charge in [-0.15, -0.1) is 0 Å². The monoisotopic (exact) mass is 296 g/mol. The SMILES string of the molecule is CC1(C)CCCC(NCc2ccc(S(N)(=O)=O)cc2)C1. The summed E-state index contributed by atoms with van der Waals surface area (Å²) in [7, 11) is -3.59. The molecule has 0 radical (unpaired) electrons. The van der Waals surface area contributed by atoms with Crippen molar-refractivity contribution in [2.75, 3.05) is 0 Å². The molecule has 0 heterocycles. The minimum Gasteiger partial charge on any atom is -0.310 e. The predicted molar refractivity (Wildman–Crippen MR) is 80.7 cm³/mol. The van der Waals surface area contributed by atoms with Gasteiger partial charge < -0.3 is 5.32 Å². The average Bonchev–Trinajstić information content (AvgIpc) is 2.35. The van der Waals surface area contributed by atoms with Crippen LogP contribution in [0, 0.1) is 5.41 Å². The van der Waals surface area contributed by atoms with Gasteiger partial charge in [0.1, 0.15) is 0 Å². The zero-order valence-electron chi connectivity index (χ0n) is 12.2. The van der Waals surface area contributed by atoms with Crippen LogP contribution in [0.5, 0.6) is 0 Å². The van der Waals surface area contributed by atoms with Crippen molar-refractivity contribution < 1.29 is 8.42 Å². The van der Waals surface area contributed by atoms with Crippen LogP contribution in [0.25, 0.3) is 0 Å². The summed E-state index contributed by atoms with van der Waals surface area (Å²) in [6, 6.07) is 7.33. The average molecular weight is 296 g/mol. The van der Waals surface area contributed by atoms with Crippen LogP contribution >= 0.6 is 0 Å². The van der Waals surface area contributed by atoms with Crippen molar-refractivity contribution in [1.82, 2.24) is 5.32 Å². The number of primary sulfonamides is 1. The van der Waals surface area contributed by atoms with Crippen LogP contribution in [0.1, 0.15) is 45.1 Å². The molecule has 1 aromatic rings. The Bertz CT molecular complexity index is 550. The lowest BCUT2D eigenvalue weighted by atomic mass is 9.75. The normalized spacial score (nSPS) is 22.6. The molecule has 2 rings (SSSR count). The van der Waals surface area contributed by atoms with E-state index in [4.69, 9.17) is 5.14 Å². The van der Waals surface area contributed by atoms with Gasteiger partial charge in [0.05, 0.1) is 4.90 Å². The maximum atomic E-state index is 11.2. The van der Waals surface area contributed by atoms with E-state index in [-0.39, 0.29) is 4.90 Å². The third-order valence-electron chi connectivity index (χ3n) is 4.05. The largest absolute Gasteiger partial charge is 0.310 e. The van der Waals surface area contributed by atoms with Gasteiger partial charge in [-0.05, 0) is 42.4 Å². The van der Waals surface area contributed by atoms with Crippen LogP contribution in [-0.2, 0) is 16.6 Å². The summed E-state index contributed by atoms with van der Waals surface area (Å²) >= 11 is 0. The third kappa shape index (κ3) is 4.30. The fourth-order valence-electron chi connectivity index (χ4n) is 2.93. The first-order chi connectivity index (χ1) is 9.26. The van der Waals surface area contributed by atoms with Crippen molar-refractivity contribution in [3.8, 4) is 0 Å². The maximum Gasteiger partial charge on any atom is 0.238 e. The van der Waals surface area contributed by atoms with Crippen LogP contribution < -0.4 is 10.5 Å². The number of nitrogens with one attached hydrogen (secondary N) is 1. The smallest absolute Gasteiger partial charge is 0.238 e. The molecule has 1 unspecified atom stereocenters. The minimum atomic E-state index is -3.59. The molecule has 0 aromatic heterocycles. The zero-order valence-corrected chi connectivity index (χ0v) is 13.0. The first kappa shape index (κ1) is 15.5. The van der Waals surface area contributed by atoms with Gasteiger partial charge in [-0.25, -0.2) is 13.6 Å². The Hall–Kier alpha value is -0.910. The number of benzene rings is 1. The molecular weight excluding hydrogens is 272 g/mol. The van der Waals surface area contributed by atoms with Crippen LogP contribution in [0.4, 0.5) is 0 Å². The Morgan fingerprint density at radius 2 is 1.95 bits per heavy atom. The standard InChI is InChI=1S/C15H24N2O2S/c1-15(2)9-3-4-13(10-15)17-11-12-5-7-14(8-6-12)20(16,18)19/h5-8,13,17H,3-4,9-11H2,1-2H3,(H2,16,18,19). The van der Waals surface area contributed by atoms with E-state index < -0.39 is 10.0 Å². The molecule has 112 valence electrons. The maximum absolute atomic E-state index is 11.2. The molecule has 0 aliphatic heterocycles. The summed E-state index contributed by atoms with van der Waals surface area (Å²) in [5, 5.41) is 8.66. The van der Waals surface area contributed by atoms with Crippen molar-refractivity contribution >= 4 is 10.0 Å². The van der Waals surface area contributed by atoms with Crippen LogP contribution in [0.3, 0.4) is 0 Å². The Balaban J connectivity index is 1.91. The molecule has 1 fully saturated rings. The molecule has 4 nitrogen and oxygen atoms in total. The summed E-state index contributed by atoms with van der Waals surface area (Å²) in [6.45, 7) is 5.41. The second-order valence-corrected chi connectivity index (χ2v) is 8.09. The molecule has 1 aromatic carbocycles. The fourth-order valence-corrected chi connectivity index (χ4v) is 3.45. The minimum absolute atomic E-state index is 0.167. The highest BCUT2D eigenvalue weighted by atomic mass is 32.2. The lowest BCUT2D eigenvalue weighted by Gasteiger charge is -2.35. The van der Waals surface area contributed by atoms with E-state index in [1.165, 1.54) is 25.7 Å². The van der Waals surface area contributed by atoms with Crippen LogP contribution in [0.2, 0.25) is 0 Å². The molecule has 5 heteroatoms. The summed E-state index contributed by atoms with van der Waals surface area (Å²) in [6.07, 6.45) is 4.99. The molecule has 0 bridgehead atoms.